The van der Waals surface area contributed by atoms with Crippen molar-refractivity contribution < 1.29 is 36.2 Å². The molecule has 1 spiro atoms. The van der Waals surface area contributed by atoms with Crippen LogP contribution in [0.3, 0.4) is 0 Å². The van der Waals surface area contributed by atoms with Crippen LogP contribution < -0.4 is 20.1 Å². The highest BCUT2D eigenvalue weighted by Gasteiger charge is 2.66. The van der Waals surface area contributed by atoms with E-state index in [2.05, 4.69) is 4.98 Å². The van der Waals surface area contributed by atoms with E-state index < -0.39 is 46.2 Å². The minimum Gasteiger partial charge on any atom is -0.471 e. The minimum absolute atomic E-state index is 0.0540. The molecule has 2 aromatic carbocycles. The molecule has 6 rings (SSSR count). The molecule has 0 bridgehead atoms. The second-order valence-electron chi connectivity index (χ2n) is 8.95. The largest absolute Gasteiger partial charge is 0.471 e. The van der Waals surface area contributed by atoms with Gasteiger partial charge in [-0.1, -0.05) is 6.07 Å². The van der Waals surface area contributed by atoms with Gasteiger partial charge in [-0.25, -0.2) is 9.18 Å². The molecule has 0 saturated carbocycles. The van der Waals surface area contributed by atoms with Crippen LogP contribution >= 0.6 is 0 Å². The number of hydrogen-bond donors (Lipinski definition) is 0. The maximum Gasteiger partial charge on any atom is 0.416 e. The first-order chi connectivity index (χ1) is 17.6. The first kappa shape index (κ1) is 23.2. The van der Waals surface area contributed by atoms with Crippen LogP contribution in [0.5, 0.6) is 17.4 Å². The third-order valence-electron chi connectivity index (χ3n) is 6.74. The van der Waals surface area contributed by atoms with Crippen molar-refractivity contribution in [2.45, 2.75) is 31.0 Å². The van der Waals surface area contributed by atoms with E-state index in [1.807, 2.05) is 0 Å². The van der Waals surface area contributed by atoms with Gasteiger partial charge in [0.1, 0.15) is 24.0 Å². The molecule has 3 aliphatic heterocycles. The summed E-state index contributed by atoms with van der Waals surface area (Å²) in [6, 6.07) is 7.46. The summed E-state index contributed by atoms with van der Waals surface area (Å²) in [5, 5.41) is 8.99. The molecule has 2 saturated heterocycles. The lowest BCUT2D eigenvalue weighted by atomic mass is 9.79. The summed E-state index contributed by atoms with van der Waals surface area (Å²) in [5.41, 5.74) is -2.29. The van der Waals surface area contributed by atoms with Crippen molar-refractivity contribution in [1.29, 1.82) is 5.26 Å². The average Bonchev–Trinajstić information content (AvgIpc) is 3.19. The minimum atomic E-state index is -4.72. The third kappa shape index (κ3) is 3.59. The van der Waals surface area contributed by atoms with E-state index in [0.29, 0.717) is 25.3 Å². The van der Waals surface area contributed by atoms with Crippen molar-refractivity contribution in [3.8, 4) is 23.4 Å². The monoisotopic (exact) mass is 518 g/mol. The Morgan fingerprint density at radius 3 is 2.68 bits per heavy atom. The number of hydrogen-bond acceptors (Lipinski definition) is 7. The Labute approximate surface area is 205 Å². The number of nitrogens with zero attached hydrogens (tertiary/aromatic N) is 4. The summed E-state index contributed by atoms with van der Waals surface area (Å²) in [6.45, 7) is 0.780. The fourth-order valence-corrected chi connectivity index (χ4v) is 4.79. The molecule has 13 heteroatoms. The van der Waals surface area contributed by atoms with Gasteiger partial charge in [-0.05, 0) is 35.9 Å². The maximum absolute atomic E-state index is 15.2. The Balaban J connectivity index is 1.19. The van der Waals surface area contributed by atoms with Gasteiger partial charge < -0.3 is 19.1 Å². The number of anilines is 1. The van der Waals surface area contributed by atoms with Crippen LogP contribution in [0.1, 0.15) is 16.7 Å². The van der Waals surface area contributed by atoms with Crippen molar-refractivity contribution in [3.05, 3.63) is 75.2 Å². The van der Waals surface area contributed by atoms with E-state index in [-0.39, 0.29) is 41.9 Å². The second-order valence-corrected chi connectivity index (χ2v) is 8.95. The molecule has 0 aliphatic carbocycles. The van der Waals surface area contributed by atoms with Gasteiger partial charge in [-0.15, -0.1) is 0 Å². The number of morpholine rings is 1. The molecule has 4 heterocycles. The van der Waals surface area contributed by atoms with Crippen LogP contribution in [0, 0.1) is 23.0 Å². The third-order valence-corrected chi connectivity index (χ3v) is 6.74. The fraction of sp³-hybridized carbons (Fsp3) is 0.292. The molecule has 0 N–H and O–H groups in total. The molecule has 2 atom stereocenters. The van der Waals surface area contributed by atoms with Crippen molar-refractivity contribution in [3.63, 3.8) is 0 Å². The van der Waals surface area contributed by atoms with Crippen LogP contribution in [-0.4, -0.2) is 34.3 Å². The summed E-state index contributed by atoms with van der Waals surface area (Å²) in [5.74, 6) is -2.94. The van der Waals surface area contributed by atoms with Crippen molar-refractivity contribution in [2.24, 2.45) is 0 Å². The van der Waals surface area contributed by atoms with Crippen LogP contribution in [0.25, 0.3) is 0 Å². The van der Waals surface area contributed by atoms with Gasteiger partial charge in [-0.3, -0.25) is 4.57 Å². The first-order valence-corrected chi connectivity index (χ1v) is 11.0. The molecule has 0 radical (unpaired) electrons. The number of benzene rings is 2. The van der Waals surface area contributed by atoms with Crippen LogP contribution in [0.15, 0.2) is 41.2 Å². The fourth-order valence-electron chi connectivity index (χ4n) is 4.79. The lowest BCUT2D eigenvalue weighted by Crippen LogP contribution is -2.80. The Bertz CT molecular complexity index is 1550. The number of aromatic nitrogens is 2. The molecule has 37 heavy (non-hydrogen) atoms. The number of alkyl halides is 3. The van der Waals surface area contributed by atoms with Gasteiger partial charge >= 0.3 is 11.9 Å². The number of ether oxygens (including phenoxy) is 3. The summed E-state index contributed by atoms with van der Waals surface area (Å²) in [7, 11) is 0. The highest BCUT2D eigenvalue weighted by Crippen LogP contribution is 2.51. The molecular weight excluding hydrogens is 503 g/mol. The van der Waals surface area contributed by atoms with E-state index in [0.717, 1.165) is 18.2 Å². The van der Waals surface area contributed by atoms with Gasteiger partial charge in [0.25, 0.3) is 5.88 Å². The van der Waals surface area contributed by atoms with Crippen molar-refractivity contribution in [2.75, 3.05) is 18.1 Å². The van der Waals surface area contributed by atoms with Gasteiger partial charge in [0.05, 0.1) is 30.3 Å². The van der Waals surface area contributed by atoms with Gasteiger partial charge in [0.2, 0.25) is 5.82 Å². The predicted molar refractivity (Wildman–Crippen MR) is 115 cm³/mol. The highest BCUT2D eigenvalue weighted by atomic mass is 19.4. The quantitative estimate of drug-likeness (QED) is 0.476. The van der Waals surface area contributed by atoms with Gasteiger partial charge in [0.15, 0.2) is 17.4 Å². The summed E-state index contributed by atoms with van der Waals surface area (Å²) >= 11 is 0. The Morgan fingerprint density at radius 1 is 1.22 bits per heavy atom. The number of nitriles is 1. The topological polar surface area (TPSA) is 89.6 Å². The molecule has 3 aromatic rings. The molecular formula is C24H15F5N4O4. The van der Waals surface area contributed by atoms with Crippen LogP contribution in [-0.2, 0) is 24.1 Å². The molecule has 2 unspecified atom stereocenters. The van der Waals surface area contributed by atoms with Gasteiger partial charge in [-0.2, -0.15) is 27.8 Å². The second kappa shape index (κ2) is 7.91. The SMILES string of the molecule is N#Cc1cc(Oc2ccc(COc3nc(=O)n4c(c3F)N3CC5OCC53C4)cc2F)cc(C(F)(F)F)c1. The number of rotatable bonds is 5. The standard InChI is InChI=1S/C24H15F5N4O4/c25-16-5-12(1-2-17(16)37-15-4-13(7-30)3-14(6-15)24(27,28)29)9-35-20-19(26)21-32(22(34)31-20)10-23-11-36-18(23)8-33(21)23/h1-6,18H,8-11H2. The van der Waals surface area contributed by atoms with Gasteiger partial charge in [0, 0.05) is 6.54 Å². The molecule has 190 valence electrons. The predicted octanol–water partition coefficient (Wildman–Crippen LogP) is 3.75. The van der Waals surface area contributed by atoms with Crippen LogP contribution in [0.4, 0.5) is 27.8 Å². The first-order valence-electron chi connectivity index (χ1n) is 11.0. The zero-order valence-electron chi connectivity index (χ0n) is 18.7. The maximum atomic E-state index is 15.2. The summed E-state index contributed by atoms with van der Waals surface area (Å²) in [4.78, 5) is 17.9. The summed E-state index contributed by atoms with van der Waals surface area (Å²) in [6.07, 6.45) is -4.78. The van der Waals surface area contributed by atoms with E-state index in [9.17, 15) is 22.4 Å². The van der Waals surface area contributed by atoms with E-state index >= 15 is 4.39 Å². The molecule has 2 fully saturated rings. The normalized spacial score (nSPS) is 21.2. The molecule has 0 amide bonds. The Kier molecular flexibility index (Phi) is 4.97. The molecule has 8 nitrogen and oxygen atoms in total. The van der Waals surface area contributed by atoms with Crippen molar-refractivity contribution >= 4 is 5.82 Å². The lowest BCUT2D eigenvalue weighted by molar-refractivity contribution is -0.174. The number of halogens is 5. The Morgan fingerprint density at radius 2 is 2.03 bits per heavy atom. The van der Waals surface area contributed by atoms with E-state index in [1.165, 1.54) is 10.6 Å². The number of fused-ring (bicyclic) bond motifs is 2. The molecule has 1 aromatic heterocycles. The van der Waals surface area contributed by atoms with E-state index in [4.69, 9.17) is 19.5 Å². The zero-order chi connectivity index (χ0) is 26.1. The van der Waals surface area contributed by atoms with Crippen LogP contribution in [0.2, 0.25) is 0 Å². The smallest absolute Gasteiger partial charge is 0.416 e. The van der Waals surface area contributed by atoms with E-state index in [1.54, 1.807) is 11.0 Å². The Hall–Kier alpha value is -4.18. The zero-order valence-corrected chi connectivity index (χ0v) is 18.7. The average molecular weight is 518 g/mol. The summed E-state index contributed by atoms with van der Waals surface area (Å²) < 4.78 is 86.4. The van der Waals surface area contributed by atoms with Crippen molar-refractivity contribution in [1.82, 2.24) is 9.55 Å². The molecule has 3 aliphatic rings. The lowest BCUT2D eigenvalue weighted by Gasteiger charge is -2.61. The highest BCUT2D eigenvalue weighted by molar-refractivity contribution is 5.58.